The minimum absolute atomic E-state index is 0.0135. The molecule has 1 aromatic carbocycles. The van der Waals surface area contributed by atoms with Crippen molar-refractivity contribution >= 4 is 38.3 Å². The quantitative estimate of drug-likeness (QED) is 0.821. The van der Waals surface area contributed by atoms with Crippen LogP contribution in [0.1, 0.15) is 38.5 Å². The summed E-state index contributed by atoms with van der Waals surface area (Å²) in [5.41, 5.74) is 7.83. The van der Waals surface area contributed by atoms with Crippen molar-refractivity contribution in [1.29, 1.82) is 0 Å². The molecule has 1 aliphatic carbocycles. The maximum atomic E-state index is 12.6. The second-order valence-electron chi connectivity index (χ2n) is 7.77. The average Bonchev–Trinajstić information content (AvgIpc) is 3.13. The Morgan fingerprint density at radius 3 is 2.78 bits per heavy atom. The van der Waals surface area contributed by atoms with E-state index >= 15 is 0 Å². The molecule has 0 spiro atoms. The van der Waals surface area contributed by atoms with Gasteiger partial charge in [0.15, 0.2) is 5.13 Å². The molecule has 0 unspecified atom stereocenters. The monoisotopic (exact) mass is 388 g/mol. The zero-order valence-electron chi connectivity index (χ0n) is 15.7. The maximum Gasteiger partial charge on any atom is 0.224 e. The van der Waals surface area contributed by atoms with Gasteiger partial charge in [-0.2, -0.15) is 0 Å². The van der Waals surface area contributed by atoms with Crippen molar-refractivity contribution in [3.05, 3.63) is 18.2 Å². The molecule has 0 bridgehead atoms. The molecular formula is C20H28N4O2S. The number of anilines is 2. The fraction of sp³-hybridized carbons (Fsp3) is 0.600. The Bertz CT molecular complexity index is 794. The molecule has 3 N–H and O–H groups in total. The van der Waals surface area contributed by atoms with Crippen LogP contribution in [-0.4, -0.2) is 43.7 Å². The molecule has 4 rings (SSSR count). The predicted molar refractivity (Wildman–Crippen MR) is 110 cm³/mol. The van der Waals surface area contributed by atoms with Crippen molar-refractivity contribution in [1.82, 2.24) is 4.98 Å². The lowest BCUT2D eigenvalue weighted by molar-refractivity contribution is -0.118. The summed E-state index contributed by atoms with van der Waals surface area (Å²) in [6, 6.07) is 5.97. The number of nitrogens with two attached hydrogens (primary N) is 1. The number of hydrogen-bond acceptors (Lipinski definition) is 6. The molecule has 1 saturated carbocycles. The molecule has 1 aromatic heterocycles. The molecule has 2 aliphatic rings. The van der Waals surface area contributed by atoms with E-state index in [2.05, 4.69) is 10.2 Å². The second-order valence-corrected chi connectivity index (χ2v) is 8.78. The molecule has 0 radical (unpaired) electrons. The second kappa shape index (κ2) is 8.12. The molecule has 6 nitrogen and oxygen atoms in total. The van der Waals surface area contributed by atoms with Crippen LogP contribution in [0.5, 0.6) is 0 Å². The zero-order chi connectivity index (χ0) is 18.7. The van der Waals surface area contributed by atoms with Crippen molar-refractivity contribution in [2.45, 2.75) is 38.5 Å². The first-order valence-electron chi connectivity index (χ1n) is 9.91. The lowest BCUT2D eigenvalue weighted by Gasteiger charge is -2.35. The third-order valence-electron chi connectivity index (χ3n) is 5.83. The number of amides is 1. The van der Waals surface area contributed by atoms with Gasteiger partial charge in [-0.1, -0.05) is 30.6 Å². The minimum atomic E-state index is -0.0135. The first kappa shape index (κ1) is 18.7. The van der Waals surface area contributed by atoms with Gasteiger partial charge >= 0.3 is 0 Å². The molecule has 1 aliphatic heterocycles. The first-order valence-corrected chi connectivity index (χ1v) is 10.7. The molecule has 146 valence electrons. The van der Waals surface area contributed by atoms with Gasteiger partial charge in [0.1, 0.15) is 0 Å². The number of rotatable bonds is 5. The van der Waals surface area contributed by atoms with Crippen LogP contribution in [0.3, 0.4) is 0 Å². The highest BCUT2D eigenvalue weighted by molar-refractivity contribution is 7.22. The van der Waals surface area contributed by atoms with Gasteiger partial charge in [0, 0.05) is 25.2 Å². The molecule has 1 amide bonds. The van der Waals surface area contributed by atoms with Gasteiger partial charge in [0.2, 0.25) is 5.91 Å². The number of aromatic nitrogens is 1. The first-order chi connectivity index (χ1) is 13.2. The van der Waals surface area contributed by atoms with E-state index in [-0.39, 0.29) is 11.3 Å². The fourth-order valence-corrected chi connectivity index (χ4v) is 5.24. The van der Waals surface area contributed by atoms with Gasteiger partial charge in [0.25, 0.3) is 0 Å². The van der Waals surface area contributed by atoms with Crippen molar-refractivity contribution < 1.29 is 9.53 Å². The van der Waals surface area contributed by atoms with Crippen LogP contribution in [-0.2, 0) is 9.53 Å². The molecule has 1 saturated heterocycles. The number of hydrogen-bond donors (Lipinski definition) is 2. The van der Waals surface area contributed by atoms with E-state index in [0.717, 1.165) is 60.2 Å². The Morgan fingerprint density at radius 2 is 2.04 bits per heavy atom. The third-order valence-corrected chi connectivity index (χ3v) is 6.90. The van der Waals surface area contributed by atoms with Gasteiger partial charge in [-0.25, -0.2) is 4.98 Å². The highest BCUT2D eigenvalue weighted by Crippen LogP contribution is 2.38. The number of carbonyl (C=O) groups excluding carboxylic acids is 1. The van der Waals surface area contributed by atoms with Crippen LogP contribution in [0.25, 0.3) is 10.2 Å². The number of benzene rings is 1. The largest absolute Gasteiger partial charge is 0.378 e. The van der Waals surface area contributed by atoms with Gasteiger partial charge in [-0.3, -0.25) is 4.79 Å². The Hall–Kier alpha value is -1.70. The van der Waals surface area contributed by atoms with E-state index in [4.69, 9.17) is 15.5 Å². The summed E-state index contributed by atoms with van der Waals surface area (Å²) in [5, 5.41) is 4.11. The zero-order valence-corrected chi connectivity index (χ0v) is 16.5. The minimum Gasteiger partial charge on any atom is -0.378 e. The number of thiazole rings is 1. The number of ether oxygens (including phenoxy) is 1. The van der Waals surface area contributed by atoms with E-state index in [0.29, 0.717) is 13.0 Å². The van der Waals surface area contributed by atoms with E-state index in [1.165, 1.54) is 19.3 Å². The van der Waals surface area contributed by atoms with E-state index in [1.807, 2.05) is 18.2 Å². The van der Waals surface area contributed by atoms with Crippen LogP contribution in [0.15, 0.2) is 18.2 Å². The van der Waals surface area contributed by atoms with Crippen LogP contribution in [0, 0.1) is 5.41 Å². The summed E-state index contributed by atoms with van der Waals surface area (Å²) in [6.07, 6.45) is 6.27. The summed E-state index contributed by atoms with van der Waals surface area (Å²) in [5.74, 6) is 0.0691. The van der Waals surface area contributed by atoms with Gasteiger partial charge in [0.05, 0.1) is 23.4 Å². The van der Waals surface area contributed by atoms with Crippen LogP contribution in [0.4, 0.5) is 10.8 Å². The standard InChI is InChI=1S/C20H28N4O2S/c21-14-20(6-2-1-3-7-20)13-18(25)22-15-4-5-16-17(12-15)27-19(23-16)24-8-10-26-11-9-24/h4-5,12H,1-3,6-11,13-14,21H2,(H,22,25). The third kappa shape index (κ3) is 4.25. The predicted octanol–water partition coefficient (Wildman–Crippen LogP) is 3.37. The summed E-state index contributed by atoms with van der Waals surface area (Å²) in [7, 11) is 0. The van der Waals surface area contributed by atoms with Crippen molar-refractivity contribution in [2.75, 3.05) is 43.1 Å². The molecule has 2 aromatic rings. The normalized spacial score (nSPS) is 20.0. The Balaban J connectivity index is 1.44. The van der Waals surface area contributed by atoms with Crippen molar-refractivity contribution in [2.24, 2.45) is 11.1 Å². The molecular weight excluding hydrogens is 360 g/mol. The highest BCUT2D eigenvalue weighted by Gasteiger charge is 2.33. The van der Waals surface area contributed by atoms with E-state index < -0.39 is 0 Å². The van der Waals surface area contributed by atoms with E-state index in [1.54, 1.807) is 11.3 Å². The Kier molecular flexibility index (Phi) is 5.61. The summed E-state index contributed by atoms with van der Waals surface area (Å²) >= 11 is 1.67. The lowest BCUT2D eigenvalue weighted by Crippen LogP contribution is -2.36. The van der Waals surface area contributed by atoms with Gasteiger partial charge < -0.3 is 20.7 Å². The number of carbonyl (C=O) groups is 1. The SMILES string of the molecule is NCC1(CC(=O)Nc2ccc3nc(N4CCOCC4)sc3c2)CCCCC1. The van der Waals surface area contributed by atoms with Crippen LogP contribution in [0.2, 0.25) is 0 Å². The molecule has 7 heteroatoms. The summed E-state index contributed by atoms with van der Waals surface area (Å²) in [6.45, 7) is 3.85. The van der Waals surface area contributed by atoms with Gasteiger partial charge in [-0.15, -0.1) is 0 Å². The molecule has 2 heterocycles. The molecule has 0 atom stereocenters. The highest BCUT2D eigenvalue weighted by atomic mass is 32.1. The number of fused-ring (bicyclic) bond motifs is 1. The summed E-state index contributed by atoms with van der Waals surface area (Å²) in [4.78, 5) is 19.6. The number of morpholine rings is 1. The Morgan fingerprint density at radius 1 is 1.26 bits per heavy atom. The van der Waals surface area contributed by atoms with Crippen molar-refractivity contribution in [3.8, 4) is 0 Å². The lowest BCUT2D eigenvalue weighted by atomic mass is 9.71. The topological polar surface area (TPSA) is 80.5 Å². The molecule has 27 heavy (non-hydrogen) atoms. The van der Waals surface area contributed by atoms with Crippen LogP contribution >= 0.6 is 11.3 Å². The number of nitrogens with zero attached hydrogens (tertiary/aromatic N) is 2. The number of nitrogens with one attached hydrogen (secondary N) is 1. The fourth-order valence-electron chi connectivity index (χ4n) is 4.18. The molecule has 2 fully saturated rings. The van der Waals surface area contributed by atoms with Crippen LogP contribution < -0.4 is 16.0 Å². The average molecular weight is 389 g/mol. The van der Waals surface area contributed by atoms with E-state index in [9.17, 15) is 4.79 Å². The summed E-state index contributed by atoms with van der Waals surface area (Å²) < 4.78 is 6.51. The maximum absolute atomic E-state index is 12.6. The smallest absolute Gasteiger partial charge is 0.224 e. The van der Waals surface area contributed by atoms with Crippen molar-refractivity contribution in [3.63, 3.8) is 0 Å². The Labute approximate surface area is 164 Å². The van der Waals surface area contributed by atoms with Gasteiger partial charge in [-0.05, 0) is 43.0 Å².